The van der Waals surface area contributed by atoms with E-state index in [9.17, 15) is 13.6 Å². The lowest BCUT2D eigenvalue weighted by atomic mass is 10.2. The molecule has 2 saturated heterocycles. The van der Waals surface area contributed by atoms with Crippen molar-refractivity contribution in [1.82, 2.24) is 15.0 Å². The van der Waals surface area contributed by atoms with E-state index in [0.29, 0.717) is 46.4 Å². The first-order valence-corrected chi connectivity index (χ1v) is 12.7. The molecule has 2 aliphatic rings. The van der Waals surface area contributed by atoms with Crippen molar-refractivity contribution >= 4 is 51.6 Å². The van der Waals surface area contributed by atoms with E-state index in [0.717, 1.165) is 37.9 Å². The Kier molecular flexibility index (Phi) is 9.31. The second-order valence-electron chi connectivity index (χ2n) is 8.93. The Hall–Kier alpha value is -3.77. The van der Waals surface area contributed by atoms with Gasteiger partial charge < -0.3 is 29.0 Å². The van der Waals surface area contributed by atoms with Crippen LogP contribution in [0.2, 0.25) is 5.02 Å². The van der Waals surface area contributed by atoms with Gasteiger partial charge in [-0.05, 0) is 38.0 Å². The summed E-state index contributed by atoms with van der Waals surface area (Å²) in [5.74, 6) is 0.0555. The fourth-order valence-electron chi connectivity index (χ4n) is 4.58. The van der Waals surface area contributed by atoms with Crippen LogP contribution in [0.15, 0.2) is 45.7 Å². The molecule has 0 amide bonds. The molecule has 3 aromatic heterocycles. The number of pyridine rings is 1. The molecule has 0 spiro atoms. The van der Waals surface area contributed by atoms with Gasteiger partial charge in [0.15, 0.2) is 17.2 Å². The van der Waals surface area contributed by atoms with Crippen LogP contribution in [-0.2, 0) is 9.53 Å². The van der Waals surface area contributed by atoms with E-state index in [1.54, 1.807) is 6.07 Å². The minimum absolute atomic E-state index is 0.104. The number of anilines is 2. The number of aromatic nitrogens is 3. The number of nitrogens with one attached hydrogen (secondary N) is 1. The summed E-state index contributed by atoms with van der Waals surface area (Å²) in [5, 5.41) is 8.18. The smallest absolute Gasteiger partial charge is 0.297 e. The predicted octanol–water partition coefficient (Wildman–Crippen LogP) is 4.87. The molecule has 10 nitrogen and oxygen atoms in total. The number of fused-ring (bicyclic) bond motifs is 3. The van der Waals surface area contributed by atoms with Crippen molar-refractivity contribution in [3.63, 3.8) is 0 Å². The third-order valence-corrected chi connectivity index (χ3v) is 6.56. The number of ether oxygens (including phenoxy) is 1. The van der Waals surface area contributed by atoms with E-state index in [1.165, 1.54) is 6.20 Å². The highest BCUT2D eigenvalue weighted by molar-refractivity contribution is 6.30. The number of benzene rings is 1. The second-order valence-corrected chi connectivity index (χ2v) is 9.37. The lowest BCUT2D eigenvalue weighted by Gasteiger charge is -2.34. The lowest BCUT2D eigenvalue weighted by Crippen LogP contribution is -2.45. The minimum Gasteiger partial charge on any atom is -0.483 e. The van der Waals surface area contributed by atoms with Crippen LogP contribution in [0, 0.1) is 0 Å². The molecule has 0 aliphatic carbocycles. The topological polar surface area (TPSA) is 125 Å². The molecule has 208 valence electrons. The molecular formula is C26H28ClF2N5O5. The molecule has 0 saturated carbocycles. The second kappa shape index (κ2) is 12.9. The quantitative estimate of drug-likeness (QED) is 0.336. The first-order chi connectivity index (χ1) is 18.8. The van der Waals surface area contributed by atoms with E-state index in [2.05, 4.69) is 15.0 Å². The standard InChI is InChI=1S/C15H13F2N3O.C10H13ClN2O2.CH2O2/c16-13(17)14-18-11-9-5-1-2-6-10(9)21-12(11)15(19-14)20-7-3-4-8-20;1-7-6-15-3-2-13(7)9-4-8(11)5-12-10(9)14;2-1-3/h1-2,5-6,13H,3-4,7-8H2;4-5,7H,2-3,6H2,1H3,(H,12,14);1H,(H,2,3). The van der Waals surface area contributed by atoms with Crippen LogP contribution in [0.3, 0.4) is 0 Å². The molecule has 1 atom stereocenters. The maximum atomic E-state index is 13.1. The zero-order valence-corrected chi connectivity index (χ0v) is 21.9. The monoisotopic (exact) mass is 563 g/mol. The number of morpholine rings is 1. The van der Waals surface area contributed by atoms with Crippen LogP contribution < -0.4 is 15.4 Å². The van der Waals surface area contributed by atoms with Crippen LogP contribution in [0.4, 0.5) is 20.3 Å². The number of para-hydroxylation sites is 1. The number of aromatic amines is 1. The molecule has 0 bridgehead atoms. The van der Waals surface area contributed by atoms with Crippen molar-refractivity contribution in [3.05, 3.63) is 57.7 Å². The summed E-state index contributed by atoms with van der Waals surface area (Å²) < 4.78 is 37.3. The Labute approximate surface area is 227 Å². The van der Waals surface area contributed by atoms with Crippen molar-refractivity contribution < 1.29 is 27.8 Å². The minimum atomic E-state index is -2.69. The highest BCUT2D eigenvalue weighted by atomic mass is 35.5. The molecule has 13 heteroatoms. The Morgan fingerprint density at radius 3 is 2.62 bits per heavy atom. The average molecular weight is 564 g/mol. The average Bonchev–Trinajstić information content (AvgIpc) is 3.59. The molecule has 6 rings (SSSR count). The fourth-order valence-corrected chi connectivity index (χ4v) is 4.74. The normalized spacial score (nSPS) is 17.1. The van der Waals surface area contributed by atoms with E-state index in [4.69, 9.17) is 30.7 Å². The van der Waals surface area contributed by atoms with Crippen molar-refractivity contribution in [2.45, 2.75) is 32.2 Å². The van der Waals surface area contributed by atoms with Gasteiger partial charge in [0.1, 0.15) is 16.8 Å². The molecule has 5 heterocycles. The number of carboxylic acid groups (broad SMARTS) is 1. The fraction of sp³-hybridized carbons (Fsp3) is 0.385. The number of alkyl halides is 2. The summed E-state index contributed by atoms with van der Waals surface area (Å²) in [7, 11) is 0. The number of rotatable bonds is 3. The predicted molar refractivity (Wildman–Crippen MR) is 144 cm³/mol. The summed E-state index contributed by atoms with van der Waals surface area (Å²) in [6, 6.07) is 9.24. The number of carbonyl (C=O) groups is 1. The van der Waals surface area contributed by atoms with Gasteiger partial charge in [-0.25, -0.2) is 18.7 Å². The van der Waals surface area contributed by atoms with Crippen molar-refractivity contribution in [3.8, 4) is 0 Å². The van der Waals surface area contributed by atoms with Gasteiger partial charge in [0.25, 0.3) is 18.5 Å². The molecule has 2 fully saturated rings. The van der Waals surface area contributed by atoms with Gasteiger partial charge in [-0.15, -0.1) is 0 Å². The zero-order chi connectivity index (χ0) is 27.9. The third kappa shape index (κ3) is 6.45. The Morgan fingerprint density at radius 2 is 1.92 bits per heavy atom. The van der Waals surface area contributed by atoms with Gasteiger partial charge in [-0.2, -0.15) is 0 Å². The summed E-state index contributed by atoms with van der Waals surface area (Å²) >= 11 is 5.86. The summed E-state index contributed by atoms with van der Waals surface area (Å²) in [6.45, 7) is 5.42. The van der Waals surface area contributed by atoms with E-state index >= 15 is 0 Å². The Balaban J connectivity index is 0.000000173. The first kappa shape index (κ1) is 28.2. The maximum Gasteiger partial charge on any atom is 0.297 e. The van der Waals surface area contributed by atoms with E-state index < -0.39 is 12.2 Å². The van der Waals surface area contributed by atoms with Crippen molar-refractivity contribution in [1.29, 1.82) is 0 Å². The van der Waals surface area contributed by atoms with Crippen LogP contribution >= 0.6 is 11.6 Å². The van der Waals surface area contributed by atoms with Gasteiger partial charge in [0, 0.05) is 37.3 Å². The molecule has 1 unspecified atom stereocenters. The Morgan fingerprint density at radius 1 is 1.21 bits per heavy atom. The number of furan rings is 1. The summed E-state index contributed by atoms with van der Waals surface area (Å²) in [4.78, 5) is 34.7. The van der Waals surface area contributed by atoms with E-state index in [1.807, 2.05) is 41.0 Å². The molecule has 2 N–H and O–H groups in total. The first-order valence-electron chi connectivity index (χ1n) is 12.4. The van der Waals surface area contributed by atoms with Gasteiger partial charge in [0.2, 0.25) is 0 Å². The van der Waals surface area contributed by atoms with Crippen LogP contribution in [-0.4, -0.2) is 65.4 Å². The molecule has 4 aromatic rings. The molecule has 39 heavy (non-hydrogen) atoms. The molecule has 1 aromatic carbocycles. The zero-order valence-electron chi connectivity index (χ0n) is 21.1. The van der Waals surface area contributed by atoms with Gasteiger partial charge >= 0.3 is 0 Å². The molecule has 2 aliphatic heterocycles. The SMILES string of the molecule is CC1COCCN1c1cc(Cl)c[nH]c1=O.FC(F)c1nc(N2CCCC2)c2oc3ccccc3c2n1.O=CO. The maximum absolute atomic E-state index is 13.1. The number of halogens is 3. The molecule has 0 radical (unpaired) electrons. The summed E-state index contributed by atoms with van der Waals surface area (Å²) in [5.41, 5.74) is 2.14. The van der Waals surface area contributed by atoms with Crippen LogP contribution in [0.5, 0.6) is 0 Å². The van der Waals surface area contributed by atoms with Crippen LogP contribution in [0.25, 0.3) is 22.1 Å². The summed E-state index contributed by atoms with van der Waals surface area (Å²) in [6.07, 6.45) is 0.883. The lowest BCUT2D eigenvalue weighted by molar-refractivity contribution is -0.122. The van der Waals surface area contributed by atoms with Crippen molar-refractivity contribution in [2.75, 3.05) is 42.6 Å². The number of hydrogen-bond acceptors (Lipinski definition) is 8. The van der Waals surface area contributed by atoms with Gasteiger partial charge in [-0.1, -0.05) is 23.7 Å². The Bertz CT molecular complexity index is 1470. The van der Waals surface area contributed by atoms with E-state index in [-0.39, 0.29) is 18.1 Å². The number of H-pyrrole nitrogens is 1. The number of hydrogen-bond donors (Lipinski definition) is 2. The van der Waals surface area contributed by atoms with Crippen LogP contribution in [0.1, 0.15) is 32.0 Å². The van der Waals surface area contributed by atoms with Gasteiger partial charge in [-0.3, -0.25) is 9.59 Å². The highest BCUT2D eigenvalue weighted by Crippen LogP contribution is 2.35. The number of nitrogens with zero attached hydrogens (tertiary/aromatic N) is 4. The van der Waals surface area contributed by atoms with Crippen molar-refractivity contribution in [2.24, 2.45) is 0 Å². The highest BCUT2D eigenvalue weighted by Gasteiger charge is 2.25. The third-order valence-electron chi connectivity index (χ3n) is 6.35. The largest absolute Gasteiger partial charge is 0.483 e. The molecular weight excluding hydrogens is 536 g/mol. The van der Waals surface area contributed by atoms with Gasteiger partial charge in [0.05, 0.1) is 18.2 Å².